The maximum atomic E-state index is 13.8. The Kier molecular flexibility index (Phi) is 4.77. The minimum Gasteiger partial charge on any atom is -0.371 e. The second kappa shape index (κ2) is 6.55. The zero-order valence-corrected chi connectivity index (χ0v) is 11.2. The molecule has 1 fully saturated rings. The first-order valence-corrected chi connectivity index (χ1v) is 7.03. The number of primary amides is 1. The Morgan fingerprint density at radius 1 is 1.05 bits per heavy atom. The Balaban J connectivity index is 2.27. The molecule has 4 heteroatoms. The van der Waals surface area contributed by atoms with Gasteiger partial charge in [0, 0.05) is 13.1 Å². The molecule has 0 aromatic heterocycles. The lowest BCUT2D eigenvalue weighted by Gasteiger charge is -2.26. The van der Waals surface area contributed by atoms with Crippen LogP contribution in [-0.2, 0) is 0 Å². The van der Waals surface area contributed by atoms with E-state index in [1.54, 1.807) is 12.1 Å². The van der Waals surface area contributed by atoms with Crippen LogP contribution in [0.4, 0.5) is 10.1 Å². The van der Waals surface area contributed by atoms with Gasteiger partial charge in [0.1, 0.15) is 5.82 Å². The molecule has 1 aliphatic heterocycles. The molecule has 0 saturated carbocycles. The maximum Gasteiger partial charge on any atom is 0.253 e. The molecule has 2 rings (SSSR count). The number of anilines is 1. The molecule has 0 unspecified atom stereocenters. The van der Waals surface area contributed by atoms with Crippen molar-refractivity contribution < 1.29 is 9.18 Å². The highest BCUT2D eigenvalue weighted by atomic mass is 19.1. The highest BCUT2D eigenvalue weighted by molar-refractivity contribution is 5.99. The summed E-state index contributed by atoms with van der Waals surface area (Å²) < 4.78 is 13.8. The molecule has 1 amide bonds. The van der Waals surface area contributed by atoms with E-state index in [0.29, 0.717) is 5.69 Å². The minimum absolute atomic E-state index is 0.0294. The van der Waals surface area contributed by atoms with Gasteiger partial charge in [-0.2, -0.15) is 0 Å². The molecule has 104 valence electrons. The van der Waals surface area contributed by atoms with Gasteiger partial charge in [0.15, 0.2) is 0 Å². The van der Waals surface area contributed by atoms with Crippen LogP contribution >= 0.6 is 0 Å². The molecule has 0 aliphatic carbocycles. The number of carbonyl (C=O) groups is 1. The van der Waals surface area contributed by atoms with E-state index < -0.39 is 11.7 Å². The SMILES string of the molecule is NC(=O)c1c(F)cccc1N1CCCCCCCC1. The zero-order chi connectivity index (χ0) is 13.7. The summed E-state index contributed by atoms with van der Waals surface area (Å²) in [7, 11) is 0. The Morgan fingerprint density at radius 2 is 1.63 bits per heavy atom. The van der Waals surface area contributed by atoms with E-state index in [2.05, 4.69) is 4.90 Å². The normalized spacial score (nSPS) is 17.4. The summed E-state index contributed by atoms with van der Waals surface area (Å²) in [5.41, 5.74) is 5.99. The van der Waals surface area contributed by atoms with Crippen LogP contribution in [0.2, 0.25) is 0 Å². The molecule has 1 saturated heterocycles. The average molecular weight is 264 g/mol. The summed E-state index contributed by atoms with van der Waals surface area (Å²) in [5, 5.41) is 0. The van der Waals surface area contributed by atoms with E-state index in [1.807, 2.05) is 0 Å². The van der Waals surface area contributed by atoms with Crippen molar-refractivity contribution in [2.24, 2.45) is 5.73 Å². The molecule has 19 heavy (non-hydrogen) atoms. The van der Waals surface area contributed by atoms with E-state index in [9.17, 15) is 9.18 Å². The van der Waals surface area contributed by atoms with Crippen molar-refractivity contribution in [1.29, 1.82) is 0 Å². The Hall–Kier alpha value is -1.58. The second-order valence-electron chi connectivity index (χ2n) is 5.11. The van der Waals surface area contributed by atoms with E-state index in [4.69, 9.17) is 5.73 Å². The van der Waals surface area contributed by atoms with Gasteiger partial charge < -0.3 is 10.6 Å². The Labute approximate surface area is 113 Å². The fourth-order valence-corrected chi connectivity index (χ4v) is 2.69. The summed E-state index contributed by atoms with van der Waals surface area (Å²) in [6, 6.07) is 4.73. The van der Waals surface area contributed by atoms with Crippen LogP contribution in [0.3, 0.4) is 0 Å². The van der Waals surface area contributed by atoms with Gasteiger partial charge in [-0.05, 0) is 25.0 Å². The van der Waals surface area contributed by atoms with E-state index in [-0.39, 0.29) is 5.56 Å². The van der Waals surface area contributed by atoms with Gasteiger partial charge in [0.2, 0.25) is 0 Å². The van der Waals surface area contributed by atoms with Gasteiger partial charge in [-0.15, -0.1) is 0 Å². The Bertz CT molecular complexity index is 438. The standard InChI is InChI=1S/C15H21FN2O/c16-12-8-7-9-13(14(12)15(17)19)18-10-5-3-1-2-4-6-11-18/h7-9H,1-6,10-11H2,(H2,17,19). The van der Waals surface area contributed by atoms with Crippen molar-refractivity contribution in [2.45, 2.75) is 38.5 Å². The molecule has 2 N–H and O–H groups in total. The summed E-state index contributed by atoms with van der Waals surface area (Å²) in [6.07, 6.45) is 7.07. The monoisotopic (exact) mass is 264 g/mol. The minimum atomic E-state index is -0.687. The molecular weight excluding hydrogens is 243 g/mol. The highest BCUT2D eigenvalue weighted by Gasteiger charge is 2.18. The second-order valence-corrected chi connectivity index (χ2v) is 5.11. The fraction of sp³-hybridized carbons (Fsp3) is 0.533. The number of amides is 1. The highest BCUT2D eigenvalue weighted by Crippen LogP contribution is 2.25. The van der Waals surface area contributed by atoms with Gasteiger partial charge in [-0.1, -0.05) is 31.7 Å². The lowest BCUT2D eigenvalue weighted by molar-refractivity contribution is 0.0997. The number of rotatable bonds is 2. The van der Waals surface area contributed by atoms with Crippen LogP contribution in [0.1, 0.15) is 48.9 Å². The summed E-state index contributed by atoms with van der Waals surface area (Å²) in [5.74, 6) is -1.21. The van der Waals surface area contributed by atoms with Gasteiger partial charge in [-0.3, -0.25) is 4.79 Å². The first-order chi connectivity index (χ1) is 9.20. The Morgan fingerprint density at radius 3 is 2.21 bits per heavy atom. The van der Waals surface area contributed by atoms with Crippen LogP contribution in [0.15, 0.2) is 18.2 Å². The first kappa shape index (κ1) is 13.8. The van der Waals surface area contributed by atoms with Gasteiger partial charge in [0.05, 0.1) is 11.3 Å². The maximum absolute atomic E-state index is 13.8. The van der Waals surface area contributed by atoms with Crippen molar-refractivity contribution in [3.8, 4) is 0 Å². The lowest BCUT2D eigenvalue weighted by atomic mass is 10.1. The average Bonchev–Trinajstić information content (AvgIpc) is 2.51. The third-order valence-corrected chi connectivity index (χ3v) is 3.68. The number of halogens is 1. The fourth-order valence-electron chi connectivity index (χ4n) is 2.69. The van der Waals surface area contributed by atoms with Gasteiger partial charge >= 0.3 is 0 Å². The van der Waals surface area contributed by atoms with Gasteiger partial charge in [0.25, 0.3) is 5.91 Å². The number of hydrogen-bond donors (Lipinski definition) is 1. The molecule has 1 aromatic rings. The summed E-state index contributed by atoms with van der Waals surface area (Å²) >= 11 is 0. The predicted molar refractivity (Wildman–Crippen MR) is 74.8 cm³/mol. The number of hydrogen-bond acceptors (Lipinski definition) is 2. The van der Waals surface area contributed by atoms with E-state index in [1.165, 1.54) is 31.7 Å². The molecule has 1 aliphatic rings. The number of nitrogens with zero attached hydrogens (tertiary/aromatic N) is 1. The van der Waals surface area contributed by atoms with Gasteiger partial charge in [-0.25, -0.2) is 4.39 Å². The molecule has 0 spiro atoms. The molecule has 0 bridgehead atoms. The molecule has 3 nitrogen and oxygen atoms in total. The predicted octanol–water partition coefficient (Wildman–Crippen LogP) is 3.09. The van der Waals surface area contributed by atoms with Crippen LogP contribution in [0, 0.1) is 5.82 Å². The first-order valence-electron chi connectivity index (χ1n) is 7.03. The van der Waals surface area contributed by atoms with Crippen LogP contribution in [-0.4, -0.2) is 19.0 Å². The lowest BCUT2D eigenvalue weighted by Crippen LogP contribution is -2.29. The van der Waals surface area contributed by atoms with Crippen molar-refractivity contribution >= 4 is 11.6 Å². The van der Waals surface area contributed by atoms with Crippen molar-refractivity contribution in [3.05, 3.63) is 29.6 Å². The number of nitrogens with two attached hydrogens (primary N) is 1. The molecule has 0 radical (unpaired) electrons. The summed E-state index contributed by atoms with van der Waals surface area (Å²) in [4.78, 5) is 13.6. The number of carbonyl (C=O) groups excluding carboxylic acids is 1. The third-order valence-electron chi connectivity index (χ3n) is 3.68. The number of benzene rings is 1. The quantitative estimate of drug-likeness (QED) is 0.892. The van der Waals surface area contributed by atoms with Crippen molar-refractivity contribution in [1.82, 2.24) is 0 Å². The molecule has 0 atom stereocenters. The topological polar surface area (TPSA) is 46.3 Å². The largest absolute Gasteiger partial charge is 0.371 e. The van der Waals surface area contributed by atoms with Crippen LogP contribution in [0.25, 0.3) is 0 Å². The molecule has 1 aromatic carbocycles. The van der Waals surface area contributed by atoms with E-state index >= 15 is 0 Å². The van der Waals surface area contributed by atoms with Crippen LogP contribution in [0.5, 0.6) is 0 Å². The zero-order valence-electron chi connectivity index (χ0n) is 11.2. The molecule has 1 heterocycles. The smallest absolute Gasteiger partial charge is 0.253 e. The van der Waals surface area contributed by atoms with Crippen molar-refractivity contribution in [2.75, 3.05) is 18.0 Å². The van der Waals surface area contributed by atoms with Crippen LogP contribution < -0.4 is 10.6 Å². The summed E-state index contributed by atoms with van der Waals surface area (Å²) in [6.45, 7) is 1.73. The molecular formula is C15H21FN2O. The third kappa shape index (κ3) is 3.46. The van der Waals surface area contributed by atoms with Crippen molar-refractivity contribution in [3.63, 3.8) is 0 Å². The van der Waals surface area contributed by atoms with E-state index in [0.717, 1.165) is 25.9 Å².